The summed E-state index contributed by atoms with van der Waals surface area (Å²) < 4.78 is 24.0. The summed E-state index contributed by atoms with van der Waals surface area (Å²) in [5.74, 6) is -0.706. The van der Waals surface area contributed by atoms with E-state index in [-0.39, 0.29) is 24.7 Å². The van der Waals surface area contributed by atoms with Crippen molar-refractivity contribution < 1.29 is 27.9 Å². The molecule has 160 valence electrons. The standard InChI is InChI=1S/C23H21FN2O5/c1-30-22(28)14-25-23(29)15-5-4-6-16(13-15)26-21(27)12-10-17-9-11-20(31-17)18-7-2-3-8-19(18)24/h2-9,11,13H,10,12,14H2,1H3,(H,25,29)(H,26,27). The molecule has 3 aromatic rings. The van der Waals surface area contributed by atoms with Crippen molar-refractivity contribution in [1.29, 1.82) is 0 Å². The quantitative estimate of drug-likeness (QED) is 0.539. The smallest absolute Gasteiger partial charge is 0.325 e. The Morgan fingerprint density at radius 1 is 1.03 bits per heavy atom. The molecule has 0 spiro atoms. The molecule has 0 aliphatic rings. The van der Waals surface area contributed by atoms with Crippen LogP contribution >= 0.6 is 0 Å². The number of nitrogens with one attached hydrogen (secondary N) is 2. The molecule has 0 aliphatic heterocycles. The summed E-state index contributed by atoms with van der Waals surface area (Å²) >= 11 is 0. The minimum atomic E-state index is -0.561. The SMILES string of the molecule is COC(=O)CNC(=O)c1cccc(NC(=O)CCc2ccc(-c3ccccc3F)o2)c1. The molecule has 2 aromatic carbocycles. The van der Waals surface area contributed by atoms with E-state index in [2.05, 4.69) is 15.4 Å². The van der Waals surface area contributed by atoms with Gasteiger partial charge in [0.15, 0.2) is 0 Å². The number of ether oxygens (including phenoxy) is 1. The van der Waals surface area contributed by atoms with Crippen LogP contribution in [0, 0.1) is 5.82 Å². The normalized spacial score (nSPS) is 10.4. The Morgan fingerprint density at radius 3 is 2.61 bits per heavy atom. The van der Waals surface area contributed by atoms with Gasteiger partial charge in [-0.25, -0.2) is 4.39 Å². The van der Waals surface area contributed by atoms with Crippen molar-refractivity contribution in [3.8, 4) is 11.3 Å². The fourth-order valence-electron chi connectivity index (χ4n) is 2.84. The van der Waals surface area contributed by atoms with Gasteiger partial charge in [-0.3, -0.25) is 14.4 Å². The number of anilines is 1. The van der Waals surface area contributed by atoms with Crippen molar-refractivity contribution in [2.24, 2.45) is 0 Å². The lowest BCUT2D eigenvalue weighted by Gasteiger charge is -2.08. The number of rotatable bonds is 8. The molecule has 7 nitrogen and oxygen atoms in total. The van der Waals surface area contributed by atoms with E-state index >= 15 is 0 Å². The van der Waals surface area contributed by atoms with Crippen LogP contribution in [-0.4, -0.2) is 31.4 Å². The van der Waals surface area contributed by atoms with E-state index in [1.165, 1.54) is 19.2 Å². The van der Waals surface area contributed by atoms with Gasteiger partial charge >= 0.3 is 5.97 Å². The number of aryl methyl sites for hydroxylation is 1. The molecule has 0 bridgehead atoms. The maximum absolute atomic E-state index is 13.9. The lowest BCUT2D eigenvalue weighted by molar-refractivity contribution is -0.139. The molecular weight excluding hydrogens is 403 g/mol. The number of carbonyl (C=O) groups excluding carboxylic acids is 3. The number of halogens is 1. The van der Waals surface area contributed by atoms with Crippen LogP contribution in [0.5, 0.6) is 0 Å². The first-order chi connectivity index (χ1) is 15.0. The summed E-state index contributed by atoms with van der Waals surface area (Å²) in [7, 11) is 1.23. The van der Waals surface area contributed by atoms with Gasteiger partial charge in [-0.15, -0.1) is 0 Å². The molecule has 2 N–H and O–H groups in total. The van der Waals surface area contributed by atoms with Crippen molar-refractivity contribution in [2.75, 3.05) is 19.0 Å². The lowest BCUT2D eigenvalue weighted by atomic mass is 10.1. The minimum Gasteiger partial charge on any atom is -0.468 e. The molecule has 0 saturated heterocycles. The highest BCUT2D eigenvalue weighted by Crippen LogP contribution is 2.25. The topological polar surface area (TPSA) is 97.6 Å². The third-order valence-corrected chi connectivity index (χ3v) is 4.43. The summed E-state index contributed by atoms with van der Waals surface area (Å²) in [5, 5.41) is 5.15. The average molecular weight is 424 g/mol. The number of furan rings is 1. The van der Waals surface area contributed by atoms with Crippen LogP contribution in [-0.2, 0) is 20.7 Å². The van der Waals surface area contributed by atoms with Gasteiger partial charge in [-0.05, 0) is 42.5 Å². The number of methoxy groups -OCH3 is 1. The fraction of sp³-hybridized carbons (Fsp3) is 0.174. The minimum absolute atomic E-state index is 0.142. The summed E-state index contributed by atoms with van der Waals surface area (Å²) in [6.45, 7) is -0.246. The molecule has 8 heteroatoms. The van der Waals surface area contributed by atoms with Crippen molar-refractivity contribution in [3.63, 3.8) is 0 Å². The molecule has 31 heavy (non-hydrogen) atoms. The molecule has 0 radical (unpaired) electrons. The van der Waals surface area contributed by atoms with Gasteiger partial charge in [0.05, 0.1) is 12.7 Å². The number of hydrogen-bond acceptors (Lipinski definition) is 5. The van der Waals surface area contributed by atoms with E-state index < -0.39 is 11.9 Å². The van der Waals surface area contributed by atoms with Gasteiger partial charge in [0.25, 0.3) is 5.91 Å². The zero-order chi connectivity index (χ0) is 22.2. The molecule has 0 unspecified atom stereocenters. The highest BCUT2D eigenvalue weighted by molar-refractivity contribution is 5.98. The second kappa shape index (κ2) is 10.2. The Bertz CT molecular complexity index is 1090. The van der Waals surface area contributed by atoms with Gasteiger partial charge in [0, 0.05) is 24.1 Å². The monoisotopic (exact) mass is 424 g/mol. The van der Waals surface area contributed by atoms with E-state index in [1.54, 1.807) is 48.5 Å². The predicted molar refractivity (Wildman–Crippen MR) is 112 cm³/mol. The third kappa shape index (κ3) is 6.02. The van der Waals surface area contributed by atoms with E-state index in [0.717, 1.165) is 0 Å². The maximum atomic E-state index is 13.9. The summed E-state index contributed by atoms with van der Waals surface area (Å²) in [6.07, 6.45) is 0.475. The van der Waals surface area contributed by atoms with Gasteiger partial charge < -0.3 is 19.8 Å². The second-order valence-electron chi connectivity index (χ2n) is 6.63. The Balaban J connectivity index is 1.54. The van der Waals surface area contributed by atoms with Crippen LogP contribution in [0.4, 0.5) is 10.1 Å². The van der Waals surface area contributed by atoms with Crippen molar-refractivity contribution in [1.82, 2.24) is 5.32 Å². The van der Waals surface area contributed by atoms with Crippen LogP contribution in [0.1, 0.15) is 22.5 Å². The van der Waals surface area contributed by atoms with E-state index in [4.69, 9.17) is 4.42 Å². The number of benzene rings is 2. The van der Waals surface area contributed by atoms with E-state index in [1.807, 2.05) is 0 Å². The van der Waals surface area contributed by atoms with Gasteiger partial charge in [-0.2, -0.15) is 0 Å². The highest BCUT2D eigenvalue weighted by atomic mass is 19.1. The Kier molecular flexibility index (Phi) is 7.16. The fourth-order valence-corrected chi connectivity index (χ4v) is 2.84. The van der Waals surface area contributed by atoms with E-state index in [0.29, 0.717) is 34.8 Å². The molecule has 0 aliphatic carbocycles. The van der Waals surface area contributed by atoms with Crippen molar-refractivity contribution >= 4 is 23.5 Å². The average Bonchev–Trinajstić information content (AvgIpc) is 3.25. The third-order valence-electron chi connectivity index (χ3n) is 4.43. The highest BCUT2D eigenvalue weighted by Gasteiger charge is 2.12. The Morgan fingerprint density at radius 2 is 1.84 bits per heavy atom. The predicted octanol–water partition coefficient (Wildman–Crippen LogP) is 3.56. The van der Waals surface area contributed by atoms with Crippen LogP contribution in [0.15, 0.2) is 65.1 Å². The molecule has 3 rings (SSSR count). The van der Waals surface area contributed by atoms with Gasteiger partial charge in [0.1, 0.15) is 23.9 Å². The molecule has 1 heterocycles. The first-order valence-corrected chi connectivity index (χ1v) is 9.55. The zero-order valence-corrected chi connectivity index (χ0v) is 16.8. The molecule has 2 amide bonds. The van der Waals surface area contributed by atoms with E-state index in [9.17, 15) is 18.8 Å². The van der Waals surface area contributed by atoms with Crippen LogP contribution in [0.25, 0.3) is 11.3 Å². The van der Waals surface area contributed by atoms with Gasteiger partial charge in [-0.1, -0.05) is 18.2 Å². The Labute approximate surface area is 178 Å². The van der Waals surface area contributed by atoms with Crippen LogP contribution in [0.2, 0.25) is 0 Å². The maximum Gasteiger partial charge on any atom is 0.325 e. The van der Waals surface area contributed by atoms with Crippen LogP contribution in [0.3, 0.4) is 0 Å². The molecule has 0 fully saturated rings. The Hall–Kier alpha value is -3.94. The molecule has 0 saturated carbocycles. The van der Waals surface area contributed by atoms with Crippen LogP contribution < -0.4 is 10.6 Å². The first-order valence-electron chi connectivity index (χ1n) is 9.55. The van der Waals surface area contributed by atoms with Crippen molar-refractivity contribution in [3.05, 3.63) is 77.8 Å². The largest absolute Gasteiger partial charge is 0.468 e. The molecule has 0 atom stereocenters. The molecule has 1 aromatic heterocycles. The lowest BCUT2D eigenvalue weighted by Crippen LogP contribution is -2.30. The zero-order valence-electron chi connectivity index (χ0n) is 16.8. The second-order valence-corrected chi connectivity index (χ2v) is 6.63. The number of hydrogen-bond donors (Lipinski definition) is 2. The number of amides is 2. The number of esters is 1. The summed E-state index contributed by atoms with van der Waals surface area (Å²) in [5.41, 5.74) is 1.10. The summed E-state index contributed by atoms with van der Waals surface area (Å²) in [6, 6.07) is 16.0. The molecular formula is C23H21FN2O5. The van der Waals surface area contributed by atoms with Crippen molar-refractivity contribution in [2.45, 2.75) is 12.8 Å². The first kappa shape index (κ1) is 21.8. The summed E-state index contributed by atoms with van der Waals surface area (Å²) in [4.78, 5) is 35.5. The van der Waals surface area contributed by atoms with Gasteiger partial charge in [0.2, 0.25) is 5.91 Å². The number of carbonyl (C=O) groups is 3.